The Labute approximate surface area is 153 Å². The molecule has 2 N–H and O–H groups in total. The fourth-order valence-electron chi connectivity index (χ4n) is 2.75. The van der Waals surface area contributed by atoms with E-state index in [9.17, 15) is 13.6 Å². The molecule has 0 saturated carbocycles. The Balaban J connectivity index is 2.01. The highest BCUT2D eigenvalue weighted by Gasteiger charge is 2.27. The van der Waals surface area contributed by atoms with Crippen LogP contribution in [0.15, 0.2) is 23.2 Å². The van der Waals surface area contributed by atoms with Crippen LogP contribution in [0.1, 0.15) is 19.8 Å². The van der Waals surface area contributed by atoms with Crippen LogP contribution in [-0.4, -0.2) is 63.1 Å². The minimum Gasteiger partial charge on any atom is -0.365 e. The summed E-state index contributed by atoms with van der Waals surface area (Å²) < 4.78 is 27.9. The molecule has 0 aromatic heterocycles. The summed E-state index contributed by atoms with van der Waals surface area (Å²) in [4.78, 5) is 19.2. The Morgan fingerprint density at radius 1 is 1.35 bits per heavy atom. The van der Waals surface area contributed by atoms with Crippen LogP contribution in [0, 0.1) is 11.6 Å². The zero-order chi connectivity index (χ0) is 19.1. The lowest BCUT2D eigenvalue weighted by Gasteiger charge is -2.21. The average Bonchev–Trinajstić information content (AvgIpc) is 3.04. The van der Waals surface area contributed by atoms with Gasteiger partial charge in [0, 0.05) is 39.8 Å². The van der Waals surface area contributed by atoms with Crippen molar-refractivity contribution < 1.29 is 13.6 Å². The molecular formula is C18H27F2N5O. The number of amides is 1. The lowest BCUT2D eigenvalue weighted by atomic mass is 10.2. The van der Waals surface area contributed by atoms with E-state index in [4.69, 9.17) is 0 Å². The zero-order valence-electron chi connectivity index (χ0n) is 15.6. The standard InChI is InChI=1S/C18H27F2N5O/c1-4-9-21-18(22-11-16(26)24(2)3)23-13-8-10-25(12-13)17-14(19)6-5-7-15(17)20/h5-7,13H,4,8-12H2,1-3H3,(H2,21,22,23). The van der Waals surface area contributed by atoms with Crippen molar-refractivity contribution in [1.82, 2.24) is 15.5 Å². The Morgan fingerprint density at radius 3 is 2.65 bits per heavy atom. The summed E-state index contributed by atoms with van der Waals surface area (Å²) in [7, 11) is 3.37. The topological polar surface area (TPSA) is 60.0 Å². The van der Waals surface area contributed by atoms with E-state index in [2.05, 4.69) is 15.6 Å². The van der Waals surface area contributed by atoms with E-state index in [0.717, 1.165) is 19.4 Å². The molecule has 144 valence electrons. The molecule has 1 aromatic rings. The Morgan fingerprint density at radius 2 is 2.04 bits per heavy atom. The number of nitrogens with zero attached hydrogens (tertiary/aromatic N) is 3. The van der Waals surface area contributed by atoms with Gasteiger partial charge in [0.15, 0.2) is 5.96 Å². The third-order valence-electron chi connectivity index (χ3n) is 4.20. The predicted octanol–water partition coefficient (Wildman–Crippen LogP) is 1.58. The van der Waals surface area contributed by atoms with Crippen LogP contribution >= 0.6 is 0 Å². The third-order valence-corrected chi connectivity index (χ3v) is 4.20. The molecule has 0 radical (unpaired) electrons. The van der Waals surface area contributed by atoms with Crippen LogP contribution in [0.3, 0.4) is 0 Å². The number of hydrogen-bond acceptors (Lipinski definition) is 3. The Kier molecular flexibility index (Phi) is 7.17. The number of guanidine groups is 1. The molecule has 1 heterocycles. The number of anilines is 1. The number of likely N-dealkylation sites (N-methyl/N-ethyl adjacent to an activating group) is 1. The smallest absolute Gasteiger partial charge is 0.243 e. The number of carbonyl (C=O) groups excluding carboxylic acids is 1. The van der Waals surface area contributed by atoms with Crippen molar-refractivity contribution >= 4 is 17.6 Å². The number of hydrogen-bond donors (Lipinski definition) is 2. The minimum absolute atomic E-state index is 0.00781. The minimum atomic E-state index is -0.555. The number of para-hydroxylation sites is 1. The monoisotopic (exact) mass is 367 g/mol. The van der Waals surface area contributed by atoms with Gasteiger partial charge in [0.1, 0.15) is 23.9 Å². The van der Waals surface area contributed by atoms with E-state index >= 15 is 0 Å². The highest BCUT2D eigenvalue weighted by atomic mass is 19.1. The van der Waals surface area contributed by atoms with Crippen molar-refractivity contribution in [2.75, 3.05) is 45.2 Å². The molecule has 1 aliphatic heterocycles. The van der Waals surface area contributed by atoms with Gasteiger partial charge in [-0.15, -0.1) is 0 Å². The first-order valence-corrected chi connectivity index (χ1v) is 8.86. The quantitative estimate of drug-likeness (QED) is 0.592. The van der Waals surface area contributed by atoms with E-state index in [1.807, 2.05) is 6.92 Å². The van der Waals surface area contributed by atoms with E-state index in [1.54, 1.807) is 19.0 Å². The van der Waals surface area contributed by atoms with Gasteiger partial charge in [-0.25, -0.2) is 13.8 Å². The molecule has 1 aliphatic rings. The van der Waals surface area contributed by atoms with Crippen molar-refractivity contribution in [2.24, 2.45) is 4.99 Å². The molecule has 8 heteroatoms. The van der Waals surface area contributed by atoms with Gasteiger partial charge in [0.05, 0.1) is 0 Å². The molecule has 1 amide bonds. The molecule has 0 spiro atoms. The predicted molar refractivity (Wildman–Crippen MR) is 99.4 cm³/mol. The second-order valence-electron chi connectivity index (χ2n) is 6.53. The van der Waals surface area contributed by atoms with Crippen molar-refractivity contribution in [3.05, 3.63) is 29.8 Å². The van der Waals surface area contributed by atoms with E-state index in [0.29, 0.717) is 19.0 Å². The maximum Gasteiger partial charge on any atom is 0.243 e. The summed E-state index contributed by atoms with van der Waals surface area (Å²) in [5.41, 5.74) is 0.0135. The summed E-state index contributed by atoms with van der Waals surface area (Å²) in [5.74, 6) is -0.660. The maximum absolute atomic E-state index is 14.0. The third kappa shape index (κ3) is 5.31. The summed E-state index contributed by atoms with van der Waals surface area (Å²) in [6, 6.07) is 3.89. The number of nitrogens with one attached hydrogen (secondary N) is 2. The molecule has 1 atom stereocenters. The van der Waals surface area contributed by atoms with E-state index in [-0.39, 0.29) is 24.2 Å². The van der Waals surface area contributed by atoms with Crippen LogP contribution < -0.4 is 15.5 Å². The van der Waals surface area contributed by atoms with Gasteiger partial charge in [0.25, 0.3) is 0 Å². The molecule has 0 aliphatic carbocycles. The maximum atomic E-state index is 14.0. The number of carbonyl (C=O) groups is 1. The highest BCUT2D eigenvalue weighted by Crippen LogP contribution is 2.26. The first-order chi connectivity index (χ1) is 12.4. The van der Waals surface area contributed by atoms with E-state index in [1.165, 1.54) is 23.1 Å². The van der Waals surface area contributed by atoms with Gasteiger partial charge in [-0.1, -0.05) is 13.0 Å². The summed E-state index contributed by atoms with van der Waals surface area (Å²) in [6.45, 7) is 3.82. The van der Waals surface area contributed by atoms with Crippen LogP contribution in [-0.2, 0) is 4.79 Å². The number of rotatable bonds is 6. The molecule has 1 aromatic carbocycles. The second kappa shape index (κ2) is 9.35. The second-order valence-corrected chi connectivity index (χ2v) is 6.53. The van der Waals surface area contributed by atoms with Gasteiger partial charge in [-0.05, 0) is 25.0 Å². The Hall–Kier alpha value is -2.38. The molecule has 1 unspecified atom stereocenters. The first-order valence-electron chi connectivity index (χ1n) is 8.86. The lowest BCUT2D eigenvalue weighted by Crippen LogP contribution is -2.45. The largest absolute Gasteiger partial charge is 0.365 e. The van der Waals surface area contributed by atoms with Crippen LogP contribution in [0.2, 0.25) is 0 Å². The molecule has 6 nitrogen and oxygen atoms in total. The fraction of sp³-hybridized carbons (Fsp3) is 0.556. The first kappa shape index (κ1) is 19.9. The Bertz CT molecular complexity index is 630. The lowest BCUT2D eigenvalue weighted by molar-refractivity contribution is -0.127. The van der Waals surface area contributed by atoms with E-state index < -0.39 is 11.6 Å². The summed E-state index contributed by atoms with van der Waals surface area (Å²) in [5, 5.41) is 6.43. The van der Waals surface area contributed by atoms with Gasteiger partial charge >= 0.3 is 0 Å². The normalized spacial score (nSPS) is 17.3. The molecular weight excluding hydrogens is 340 g/mol. The van der Waals surface area contributed by atoms with Crippen molar-refractivity contribution in [2.45, 2.75) is 25.8 Å². The average molecular weight is 367 g/mol. The molecule has 26 heavy (non-hydrogen) atoms. The van der Waals surface area contributed by atoms with Gasteiger partial charge in [-0.3, -0.25) is 4.79 Å². The van der Waals surface area contributed by atoms with Crippen molar-refractivity contribution in [1.29, 1.82) is 0 Å². The number of benzene rings is 1. The van der Waals surface area contributed by atoms with Crippen LogP contribution in [0.5, 0.6) is 0 Å². The molecule has 1 fully saturated rings. The zero-order valence-corrected chi connectivity index (χ0v) is 15.6. The highest BCUT2D eigenvalue weighted by molar-refractivity contribution is 5.85. The number of halogens is 2. The fourth-order valence-corrected chi connectivity index (χ4v) is 2.75. The van der Waals surface area contributed by atoms with Crippen molar-refractivity contribution in [3.8, 4) is 0 Å². The molecule has 1 saturated heterocycles. The van der Waals surface area contributed by atoms with Gasteiger partial charge < -0.3 is 20.4 Å². The SMILES string of the molecule is CCCNC(=NCC(=O)N(C)C)NC1CCN(c2c(F)cccc2F)C1. The van der Waals surface area contributed by atoms with Gasteiger partial charge in [-0.2, -0.15) is 0 Å². The van der Waals surface area contributed by atoms with Crippen molar-refractivity contribution in [3.63, 3.8) is 0 Å². The van der Waals surface area contributed by atoms with Gasteiger partial charge in [0.2, 0.25) is 5.91 Å². The van der Waals surface area contributed by atoms with Crippen LogP contribution in [0.4, 0.5) is 14.5 Å². The molecule has 0 bridgehead atoms. The summed E-state index contributed by atoms with van der Waals surface area (Å²) >= 11 is 0. The number of aliphatic imine (C=N–C) groups is 1. The van der Waals surface area contributed by atoms with Crippen LogP contribution in [0.25, 0.3) is 0 Å². The molecule has 2 rings (SSSR count). The summed E-state index contributed by atoms with van der Waals surface area (Å²) in [6.07, 6.45) is 1.64.